The minimum atomic E-state index is -0.235. The molecule has 5 nitrogen and oxygen atoms in total. The maximum Gasteiger partial charge on any atom is 0.255 e. The zero-order valence-corrected chi connectivity index (χ0v) is 19.0. The summed E-state index contributed by atoms with van der Waals surface area (Å²) in [5.41, 5.74) is 4.15. The molecular weight excluding hydrogens is 424 g/mol. The minimum absolute atomic E-state index is 0.0779. The van der Waals surface area contributed by atoms with Crippen LogP contribution < -0.4 is 10.2 Å². The second kappa shape index (κ2) is 7.94. The fourth-order valence-corrected chi connectivity index (χ4v) is 6.40. The molecule has 1 heterocycles. The number of fused-ring (bicyclic) bond motifs is 5. The molecule has 34 heavy (non-hydrogen) atoms. The Kier molecular flexibility index (Phi) is 4.87. The molecule has 1 N–H and O–H groups in total. The number of imide groups is 1. The summed E-state index contributed by atoms with van der Waals surface area (Å²) in [5, 5.41) is 2.88. The van der Waals surface area contributed by atoms with Crippen molar-refractivity contribution >= 4 is 29.1 Å². The van der Waals surface area contributed by atoms with E-state index >= 15 is 0 Å². The fourth-order valence-electron chi connectivity index (χ4n) is 6.40. The highest BCUT2D eigenvalue weighted by molar-refractivity contribution is 6.22. The average Bonchev–Trinajstić information content (AvgIpc) is 3.52. The molecule has 1 saturated heterocycles. The van der Waals surface area contributed by atoms with Crippen LogP contribution in [-0.4, -0.2) is 17.7 Å². The SMILES string of the molecule is Cc1ccc(NC(=O)c2ccc(N3C(=O)[C@@H]4[C@@H]5C[C@@H]([C@H]4C3=O)[C@@H](c3ccccc3)C5)cc2)cc1. The average molecular weight is 451 g/mol. The Hall–Kier alpha value is -3.73. The van der Waals surface area contributed by atoms with E-state index < -0.39 is 0 Å². The van der Waals surface area contributed by atoms with E-state index in [4.69, 9.17) is 0 Å². The number of nitrogens with one attached hydrogen (secondary N) is 1. The van der Waals surface area contributed by atoms with Gasteiger partial charge in [-0.05, 0) is 79.5 Å². The molecule has 0 spiro atoms. The van der Waals surface area contributed by atoms with E-state index in [1.165, 1.54) is 10.5 Å². The molecule has 5 heteroatoms. The first kappa shape index (κ1) is 20.8. The number of hydrogen-bond donors (Lipinski definition) is 1. The summed E-state index contributed by atoms with van der Waals surface area (Å²) in [5.74, 6) is 0.000479. The number of amides is 3. The molecule has 3 aliphatic rings. The largest absolute Gasteiger partial charge is 0.322 e. The molecule has 0 radical (unpaired) electrons. The van der Waals surface area contributed by atoms with Crippen LogP contribution in [0.4, 0.5) is 11.4 Å². The summed E-state index contributed by atoms with van der Waals surface area (Å²) in [7, 11) is 0. The number of hydrogen-bond acceptors (Lipinski definition) is 3. The molecule has 1 aliphatic heterocycles. The zero-order chi connectivity index (χ0) is 23.4. The van der Waals surface area contributed by atoms with Gasteiger partial charge in [0.2, 0.25) is 11.8 Å². The van der Waals surface area contributed by atoms with Crippen LogP contribution in [0.1, 0.15) is 40.2 Å². The van der Waals surface area contributed by atoms with Crippen molar-refractivity contribution in [2.75, 3.05) is 10.2 Å². The van der Waals surface area contributed by atoms with Crippen LogP contribution in [-0.2, 0) is 9.59 Å². The standard InChI is InChI=1S/C29H26N2O3/c1-17-7-11-21(12-8-17)30-27(32)19-9-13-22(14-10-19)31-28(33)25-20-15-23(18-5-3-2-4-6-18)24(16-20)26(25)29(31)34/h2-14,20,23-26H,15-16H2,1H3,(H,30,32)/t20-,23+,24+,25+,26+/m0/s1. The monoisotopic (exact) mass is 450 g/mol. The Morgan fingerprint density at radius 3 is 2.21 bits per heavy atom. The summed E-state index contributed by atoms with van der Waals surface area (Å²) in [6, 6.07) is 24.7. The number of anilines is 2. The summed E-state index contributed by atoms with van der Waals surface area (Å²) in [6.45, 7) is 1.99. The van der Waals surface area contributed by atoms with Gasteiger partial charge < -0.3 is 5.32 Å². The van der Waals surface area contributed by atoms with Crippen molar-refractivity contribution in [3.63, 3.8) is 0 Å². The Balaban J connectivity index is 1.20. The number of benzene rings is 3. The quantitative estimate of drug-likeness (QED) is 0.557. The van der Waals surface area contributed by atoms with E-state index in [1.807, 2.05) is 49.4 Å². The first-order valence-electron chi connectivity index (χ1n) is 11.9. The lowest BCUT2D eigenvalue weighted by molar-refractivity contribution is -0.123. The second-order valence-electron chi connectivity index (χ2n) is 9.84. The van der Waals surface area contributed by atoms with Crippen molar-refractivity contribution < 1.29 is 14.4 Å². The van der Waals surface area contributed by atoms with Gasteiger partial charge in [-0.25, -0.2) is 0 Å². The number of carbonyl (C=O) groups excluding carboxylic acids is 3. The van der Waals surface area contributed by atoms with Gasteiger partial charge in [0.05, 0.1) is 17.5 Å². The molecule has 2 saturated carbocycles. The molecule has 3 aromatic rings. The van der Waals surface area contributed by atoms with Crippen molar-refractivity contribution in [2.45, 2.75) is 25.7 Å². The molecule has 5 atom stereocenters. The highest BCUT2D eigenvalue weighted by Gasteiger charge is 2.64. The minimum Gasteiger partial charge on any atom is -0.322 e. The van der Waals surface area contributed by atoms with E-state index in [0.717, 1.165) is 24.1 Å². The molecule has 170 valence electrons. The predicted octanol–water partition coefficient (Wildman–Crippen LogP) is 5.18. The van der Waals surface area contributed by atoms with Crippen molar-refractivity contribution in [3.8, 4) is 0 Å². The Morgan fingerprint density at radius 1 is 0.824 bits per heavy atom. The van der Waals surface area contributed by atoms with Crippen LogP contribution in [0, 0.1) is 30.6 Å². The van der Waals surface area contributed by atoms with Crippen LogP contribution in [0.25, 0.3) is 0 Å². The third kappa shape index (κ3) is 3.26. The lowest BCUT2D eigenvalue weighted by Gasteiger charge is -2.28. The lowest BCUT2D eigenvalue weighted by atomic mass is 9.73. The molecule has 0 aromatic heterocycles. The highest BCUT2D eigenvalue weighted by Crippen LogP contribution is 2.61. The molecular formula is C29H26N2O3. The molecule has 2 aliphatic carbocycles. The van der Waals surface area contributed by atoms with Crippen LogP contribution in [0.15, 0.2) is 78.9 Å². The van der Waals surface area contributed by atoms with E-state index in [-0.39, 0.29) is 41.4 Å². The number of aryl methyl sites for hydroxylation is 1. The maximum atomic E-state index is 13.5. The number of nitrogens with zero attached hydrogens (tertiary/aromatic N) is 1. The van der Waals surface area contributed by atoms with E-state index in [0.29, 0.717) is 17.2 Å². The maximum absolute atomic E-state index is 13.5. The third-order valence-corrected chi connectivity index (χ3v) is 7.94. The predicted molar refractivity (Wildman–Crippen MR) is 130 cm³/mol. The van der Waals surface area contributed by atoms with Gasteiger partial charge in [-0.15, -0.1) is 0 Å². The molecule has 3 amide bonds. The van der Waals surface area contributed by atoms with Gasteiger partial charge in [0.25, 0.3) is 5.91 Å². The Bertz CT molecular complexity index is 1270. The van der Waals surface area contributed by atoms with Crippen molar-refractivity contribution in [1.82, 2.24) is 0 Å². The van der Waals surface area contributed by atoms with Gasteiger partial charge >= 0.3 is 0 Å². The molecule has 2 bridgehead atoms. The number of rotatable bonds is 4. The lowest BCUT2D eigenvalue weighted by Crippen LogP contribution is -2.33. The first-order chi connectivity index (χ1) is 16.5. The van der Waals surface area contributed by atoms with Crippen molar-refractivity contribution in [2.24, 2.45) is 23.7 Å². The summed E-state index contributed by atoms with van der Waals surface area (Å²) in [6.07, 6.45) is 1.93. The molecule has 3 aromatic carbocycles. The van der Waals surface area contributed by atoms with Gasteiger partial charge in [0.1, 0.15) is 0 Å². The van der Waals surface area contributed by atoms with Crippen molar-refractivity contribution in [3.05, 3.63) is 95.6 Å². The van der Waals surface area contributed by atoms with Crippen LogP contribution in [0.5, 0.6) is 0 Å². The smallest absolute Gasteiger partial charge is 0.255 e. The van der Waals surface area contributed by atoms with Gasteiger partial charge in [0.15, 0.2) is 0 Å². The highest BCUT2D eigenvalue weighted by atomic mass is 16.2. The van der Waals surface area contributed by atoms with Gasteiger partial charge in [-0.1, -0.05) is 48.0 Å². The molecule has 0 unspecified atom stereocenters. The van der Waals surface area contributed by atoms with E-state index in [2.05, 4.69) is 17.4 Å². The summed E-state index contributed by atoms with van der Waals surface area (Å²) >= 11 is 0. The first-order valence-corrected chi connectivity index (χ1v) is 11.9. The van der Waals surface area contributed by atoms with Crippen molar-refractivity contribution in [1.29, 1.82) is 0 Å². The summed E-state index contributed by atoms with van der Waals surface area (Å²) in [4.78, 5) is 40.8. The molecule has 3 fully saturated rings. The topological polar surface area (TPSA) is 66.5 Å². The van der Waals surface area contributed by atoms with E-state index in [9.17, 15) is 14.4 Å². The molecule has 6 rings (SSSR count). The fraction of sp³-hybridized carbons (Fsp3) is 0.276. The zero-order valence-electron chi connectivity index (χ0n) is 19.0. The van der Waals surface area contributed by atoms with Crippen LogP contribution in [0.2, 0.25) is 0 Å². The second-order valence-corrected chi connectivity index (χ2v) is 9.84. The van der Waals surface area contributed by atoms with E-state index in [1.54, 1.807) is 24.3 Å². The van der Waals surface area contributed by atoms with Gasteiger partial charge in [-0.3, -0.25) is 19.3 Å². The summed E-state index contributed by atoms with van der Waals surface area (Å²) < 4.78 is 0. The Labute approximate surface area is 198 Å². The van der Waals surface area contributed by atoms with Gasteiger partial charge in [-0.2, -0.15) is 0 Å². The third-order valence-electron chi connectivity index (χ3n) is 7.94. The van der Waals surface area contributed by atoms with Crippen LogP contribution >= 0.6 is 0 Å². The Morgan fingerprint density at radius 2 is 1.50 bits per heavy atom. The number of carbonyl (C=O) groups is 3. The normalized spacial score (nSPS) is 27.2. The van der Waals surface area contributed by atoms with Gasteiger partial charge in [0, 0.05) is 11.3 Å². The van der Waals surface area contributed by atoms with Crippen LogP contribution in [0.3, 0.4) is 0 Å².